The van der Waals surface area contributed by atoms with Crippen molar-refractivity contribution in [1.82, 2.24) is 9.80 Å². The molecular formula is C14H29N3O. The summed E-state index contributed by atoms with van der Waals surface area (Å²) >= 11 is 0. The zero-order valence-corrected chi connectivity index (χ0v) is 12.2. The lowest BCUT2D eigenvalue weighted by atomic mass is 9.95. The Kier molecular flexibility index (Phi) is 6.65. The monoisotopic (exact) mass is 255 g/mol. The topological polar surface area (TPSA) is 49.6 Å². The van der Waals surface area contributed by atoms with Crippen molar-refractivity contribution in [1.29, 1.82) is 0 Å². The Morgan fingerprint density at radius 2 is 1.89 bits per heavy atom. The normalized spacial score (nSPS) is 19.3. The van der Waals surface area contributed by atoms with E-state index in [0.717, 1.165) is 44.9 Å². The molecule has 1 aliphatic rings. The number of carbonyl (C=O) groups is 1. The summed E-state index contributed by atoms with van der Waals surface area (Å²) in [7, 11) is 0. The number of likely N-dealkylation sites (tertiary alicyclic amines) is 1. The predicted molar refractivity (Wildman–Crippen MR) is 75.3 cm³/mol. The molecule has 4 nitrogen and oxygen atoms in total. The van der Waals surface area contributed by atoms with Crippen LogP contribution in [0.5, 0.6) is 0 Å². The minimum absolute atomic E-state index is 0.0238. The zero-order valence-electron chi connectivity index (χ0n) is 12.2. The zero-order chi connectivity index (χ0) is 13.5. The van der Waals surface area contributed by atoms with Crippen LogP contribution in [0.1, 0.15) is 33.6 Å². The van der Waals surface area contributed by atoms with Gasteiger partial charge in [-0.3, -0.25) is 4.79 Å². The Morgan fingerprint density at radius 1 is 1.33 bits per heavy atom. The van der Waals surface area contributed by atoms with E-state index in [1.807, 2.05) is 11.8 Å². The molecule has 0 aromatic heterocycles. The van der Waals surface area contributed by atoms with Gasteiger partial charge < -0.3 is 15.5 Å². The highest BCUT2D eigenvalue weighted by atomic mass is 16.2. The van der Waals surface area contributed by atoms with Gasteiger partial charge in [-0.2, -0.15) is 0 Å². The number of nitrogens with two attached hydrogens (primary N) is 1. The van der Waals surface area contributed by atoms with Gasteiger partial charge in [0.25, 0.3) is 0 Å². The van der Waals surface area contributed by atoms with Gasteiger partial charge in [-0.1, -0.05) is 20.8 Å². The highest BCUT2D eigenvalue weighted by Gasteiger charge is 2.25. The van der Waals surface area contributed by atoms with Gasteiger partial charge in [0.2, 0.25) is 5.91 Å². The third-order valence-electron chi connectivity index (χ3n) is 4.11. The van der Waals surface area contributed by atoms with Crippen molar-refractivity contribution in [2.45, 2.75) is 33.6 Å². The molecule has 1 aliphatic heterocycles. The van der Waals surface area contributed by atoms with E-state index >= 15 is 0 Å². The molecule has 1 atom stereocenters. The van der Waals surface area contributed by atoms with E-state index < -0.39 is 0 Å². The average molecular weight is 255 g/mol. The summed E-state index contributed by atoms with van der Waals surface area (Å²) in [6.45, 7) is 12.1. The van der Waals surface area contributed by atoms with Crippen LogP contribution in [0.15, 0.2) is 0 Å². The lowest BCUT2D eigenvalue weighted by Crippen LogP contribution is -2.44. The van der Waals surface area contributed by atoms with Crippen LogP contribution in [0, 0.1) is 11.8 Å². The predicted octanol–water partition coefficient (Wildman–Crippen LogP) is 1.16. The van der Waals surface area contributed by atoms with Crippen LogP contribution in [0.2, 0.25) is 0 Å². The first-order valence-corrected chi connectivity index (χ1v) is 7.33. The molecule has 1 heterocycles. The Balaban J connectivity index is 2.34. The lowest BCUT2D eigenvalue weighted by molar-refractivity contribution is -0.136. The fraction of sp³-hybridized carbons (Fsp3) is 0.929. The first-order chi connectivity index (χ1) is 8.62. The molecule has 0 radical (unpaired) electrons. The standard InChI is InChI=1S/C14H29N3O/c1-4-16(5-2)11-13-6-8-17(9-7-13)14(18)12(3)10-15/h12-13H,4-11,15H2,1-3H3. The molecule has 0 aliphatic carbocycles. The first-order valence-electron chi connectivity index (χ1n) is 7.33. The molecule has 1 amide bonds. The summed E-state index contributed by atoms with van der Waals surface area (Å²) in [5.41, 5.74) is 5.55. The van der Waals surface area contributed by atoms with Crippen molar-refractivity contribution in [2.75, 3.05) is 39.3 Å². The molecule has 0 spiro atoms. The second-order valence-electron chi connectivity index (χ2n) is 5.39. The van der Waals surface area contributed by atoms with E-state index in [0.29, 0.717) is 6.54 Å². The third-order valence-corrected chi connectivity index (χ3v) is 4.11. The highest BCUT2D eigenvalue weighted by molar-refractivity contribution is 5.78. The van der Waals surface area contributed by atoms with Crippen LogP contribution in [-0.2, 0) is 4.79 Å². The Labute approximate surface area is 111 Å². The van der Waals surface area contributed by atoms with Crippen LogP contribution in [0.3, 0.4) is 0 Å². The van der Waals surface area contributed by atoms with Gasteiger partial charge >= 0.3 is 0 Å². The molecular weight excluding hydrogens is 226 g/mol. The minimum atomic E-state index is -0.0238. The molecule has 18 heavy (non-hydrogen) atoms. The largest absolute Gasteiger partial charge is 0.342 e. The third kappa shape index (κ3) is 4.25. The first kappa shape index (κ1) is 15.4. The quantitative estimate of drug-likeness (QED) is 0.775. The van der Waals surface area contributed by atoms with Crippen molar-refractivity contribution in [3.05, 3.63) is 0 Å². The Hall–Kier alpha value is -0.610. The molecule has 2 N–H and O–H groups in total. The Bertz CT molecular complexity index is 245. The molecule has 0 aromatic carbocycles. The van der Waals surface area contributed by atoms with Crippen molar-refractivity contribution >= 4 is 5.91 Å². The molecule has 0 aromatic rings. The average Bonchev–Trinajstić information content (AvgIpc) is 2.43. The van der Waals surface area contributed by atoms with Crippen molar-refractivity contribution in [2.24, 2.45) is 17.6 Å². The SMILES string of the molecule is CCN(CC)CC1CCN(C(=O)C(C)CN)CC1. The van der Waals surface area contributed by atoms with Crippen LogP contribution < -0.4 is 5.73 Å². The van der Waals surface area contributed by atoms with Gasteiger partial charge in [0.1, 0.15) is 0 Å². The van der Waals surface area contributed by atoms with Gasteiger partial charge in [-0.15, -0.1) is 0 Å². The van der Waals surface area contributed by atoms with Crippen molar-refractivity contribution < 1.29 is 4.79 Å². The van der Waals surface area contributed by atoms with E-state index in [1.54, 1.807) is 0 Å². The van der Waals surface area contributed by atoms with E-state index in [-0.39, 0.29) is 11.8 Å². The second-order valence-corrected chi connectivity index (χ2v) is 5.39. The minimum Gasteiger partial charge on any atom is -0.342 e. The maximum atomic E-state index is 12.0. The fourth-order valence-electron chi connectivity index (χ4n) is 2.60. The van der Waals surface area contributed by atoms with Gasteiger partial charge in [0.05, 0.1) is 0 Å². The molecule has 106 valence electrons. The molecule has 1 rings (SSSR count). The van der Waals surface area contributed by atoms with Gasteiger partial charge in [-0.05, 0) is 31.8 Å². The number of hydrogen-bond donors (Lipinski definition) is 1. The number of rotatable bonds is 6. The number of piperidine rings is 1. The van der Waals surface area contributed by atoms with E-state index in [9.17, 15) is 4.79 Å². The molecule has 0 saturated carbocycles. The maximum absolute atomic E-state index is 12.0. The number of amides is 1. The van der Waals surface area contributed by atoms with Crippen LogP contribution in [0.4, 0.5) is 0 Å². The number of hydrogen-bond acceptors (Lipinski definition) is 3. The summed E-state index contributed by atoms with van der Waals surface area (Å²) in [6.07, 6.45) is 2.28. The number of nitrogens with zero attached hydrogens (tertiary/aromatic N) is 2. The van der Waals surface area contributed by atoms with Crippen LogP contribution >= 0.6 is 0 Å². The lowest BCUT2D eigenvalue weighted by Gasteiger charge is -2.35. The smallest absolute Gasteiger partial charge is 0.226 e. The summed E-state index contributed by atoms with van der Waals surface area (Å²) < 4.78 is 0. The van der Waals surface area contributed by atoms with Crippen molar-refractivity contribution in [3.63, 3.8) is 0 Å². The van der Waals surface area contributed by atoms with Gasteiger partial charge in [-0.25, -0.2) is 0 Å². The van der Waals surface area contributed by atoms with Crippen LogP contribution in [0.25, 0.3) is 0 Å². The highest BCUT2D eigenvalue weighted by Crippen LogP contribution is 2.19. The summed E-state index contributed by atoms with van der Waals surface area (Å²) in [6, 6.07) is 0. The molecule has 1 saturated heterocycles. The van der Waals surface area contributed by atoms with E-state index in [4.69, 9.17) is 5.73 Å². The van der Waals surface area contributed by atoms with E-state index in [1.165, 1.54) is 6.54 Å². The van der Waals surface area contributed by atoms with Gasteiger partial charge in [0.15, 0.2) is 0 Å². The summed E-state index contributed by atoms with van der Waals surface area (Å²) in [5.74, 6) is 0.963. The summed E-state index contributed by atoms with van der Waals surface area (Å²) in [4.78, 5) is 16.5. The van der Waals surface area contributed by atoms with E-state index in [2.05, 4.69) is 18.7 Å². The molecule has 1 unspecified atom stereocenters. The fourth-order valence-corrected chi connectivity index (χ4v) is 2.60. The van der Waals surface area contributed by atoms with Gasteiger partial charge in [0, 0.05) is 32.1 Å². The Morgan fingerprint density at radius 3 is 2.33 bits per heavy atom. The maximum Gasteiger partial charge on any atom is 0.226 e. The molecule has 1 fully saturated rings. The second kappa shape index (κ2) is 7.74. The van der Waals surface area contributed by atoms with Crippen LogP contribution in [-0.4, -0.2) is 55.0 Å². The van der Waals surface area contributed by atoms with Crippen molar-refractivity contribution in [3.8, 4) is 0 Å². The summed E-state index contributed by atoms with van der Waals surface area (Å²) in [5, 5.41) is 0. The molecule has 0 bridgehead atoms. The number of carbonyl (C=O) groups excluding carboxylic acids is 1. The molecule has 4 heteroatoms.